The van der Waals surface area contributed by atoms with Crippen LogP contribution in [0.15, 0.2) is 29.2 Å². The Labute approximate surface area is 108 Å². The number of nitrogens with two attached hydrogens (primary N) is 1. The van der Waals surface area contributed by atoms with Gasteiger partial charge in [-0.3, -0.25) is 0 Å². The van der Waals surface area contributed by atoms with Crippen LogP contribution in [0.5, 0.6) is 0 Å². The van der Waals surface area contributed by atoms with Crippen LogP contribution in [0.4, 0.5) is 0 Å². The maximum absolute atomic E-state index is 6.05. The predicted octanol–water partition coefficient (Wildman–Crippen LogP) is 4.19. The summed E-state index contributed by atoms with van der Waals surface area (Å²) in [5.74, 6) is 0. The maximum atomic E-state index is 6.05. The summed E-state index contributed by atoms with van der Waals surface area (Å²) in [7, 11) is 0. The average molecular weight is 258 g/mol. The molecule has 0 aromatic heterocycles. The first kappa shape index (κ1) is 13.9. The molecule has 0 spiro atoms. The SMILES string of the molecule is CC(N)C(Sc1cccc(Cl)c1)C(C)(C)C. The lowest BCUT2D eigenvalue weighted by molar-refractivity contribution is 0.363. The van der Waals surface area contributed by atoms with E-state index in [2.05, 4.69) is 33.8 Å². The molecule has 0 saturated heterocycles. The van der Waals surface area contributed by atoms with E-state index in [4.69, 9.17) is 17.3 Å². The van der Waals surface area contributed by atoms with Crippen molar-refractivity contribution in [3.05, 3.63) is 29.3 Å². The Morgan fingerprint density at radius 3 is 2.38 bits per heavy atom. The first-order chi connectivity index (χ1) is 7.30. The van der Waals surface area contributed by atoms with E-state index in [1.165, 1.54) is 4.90 Å². The minimum absolute atomic E-state index is 0.156. The van der Waals surface area contributed by atoms with Crippen molar-refractivity contribution in [2.75, 3.05) is 0 Å². The smallest absolute Gasteiger partial charge is 0.0417 e. The molecular formula is C13H20ClNS. The normalized spacial score (nSPS) is 15.9. The number of hydrogen-bond acceptors (Lipinski definition) is 2. The summed E-state index contributed by atoms with van der Waals surface area (Å²) < 4.78 is 0. The van der Waals surface area contributed by atoms with Crippen LogP contribution in [-0.4, -0.2) is 11.3 Å². The first-order valence-electron chi connectivity index (χ1n) is 5.48. The quantitative estimate of drug-likeness (QED) is 0.822. The summed E-state index contributed by atoms with van der Waals surface area (Å²) in [4.78, 5) is 1.18. The Balaban J connectivity index is 2.84. The van der Waals surface area contributed by atoms with Gasteiger partial charge in [-0.1, -0.05) is 38.4 Å². The van der Waals surface area contributed by atoms with Crippen LogP contribution in [0.25, 0.3) is 0 Å². The van der Waals surface area contributed by atoms with Crippen molar-refractivity contribution in [1.29, 1.82) is 0 Å². The van der Waals surface area contributed by atoms with Crippen LogP contribution in [-0.2, 0) is 0 Å². The Kier molecular flexibility index (Phi) is 4.72. The molecule has 1 aromatic carbocycles. The van der Waals surface area contributed by atoms with E-state index in [0.29, 0.717) is 5.25 Å². The van der Waals surface area contributed by atoms with Gasteiger partial charge in [-0.15, -0.1) is 11.8 Å². The third kappa shape index (κ3) is 4.00. The standard InChI is InChI=1S/C13H20ClNS/c1-9(15)12(13(2,3)4)16-11-7-5-6-10(14)8-11/h5-9,12H,15H2,1-4H3. The fraction of sp³-hybridized carbons (Fsp3) is 0.538. The van der Waals surface area contributed by atoms with Gasteiger partial charge < -0.3 is 5.73 Å². The van der Waals surface area contributed by atoms with Crippen LogP contribution in [0, 0.1) is 5.41 Å². The highest BCUT2D eigenvalue weighted by atomic mass is 35.5. The van der Waals surface area contributed by atoms with Crippen molar-refractivity contribution < 1.29 is 0 Å². The van der Waals surface area contributed by atoms with Gasteiger partial charge in [0.2, 0.25) is 0 Å². The monoisotopic (exact) mass is 257 g/mol. The van der Waals surface area contributed by atoms with Crippen LogP contribution < -0.4 is 5.73 Å². The van der Waals surface area contributed by atoms with Crippen molar-refractivity contribution >= 4 is 23.4 Å². The second-order valence-corrected chi connectivity index (χ2v) is 6.87. The fourth-order valence-corrected chi connectivity index (χ4v) is 3.23. The van der Waals surface area contributed by atoms with Crippen molar-refractivity contribution in [3.63, 3.8) is 0 Å². The summed E-state index contributed by atoms with van der Waals surface area (Å²) in [6, 6.07) is 8.10. The van der Waals surface area contributed by atoms with Crippen molar-refractivity contribution in [2.45, 2.75) is 43.9 Å². The van der Waals surface area contributed by atoms with Gasteiger partial charge in [0.1, 0.15) is 0 Å². The lowest BCUT2D eigenvalue weighted by Gasteiger charge is -2.33. The topological polar surface area (TPSA) is 26.0 Å². The molecule has 0 heterocycles. The van der Waals surface area contributed by atoms with Gasteiger partial charge in [-0.25, -0.2) is 0 Å². The molecular weight excluding hydrogens is 238 g/mol. The Morgan fingerprint density at radius 2 is 1.94 bits per heavy atom. The zero-order valence-corrected chi connectivity index (χ0v) is 11.9. The highest BCUT2D eigenvalue weighted by Gasteiger charge is 2.28. The van der Waals surface area contributed by atoms with E-state index in [0.717, 1.165) is 5.02 Å². The summed E-state index contributed by atoms with van der Waals surface area (Å²) in [6.45, 7) is 8.73. The van der Waals surface area contributed by atoms with Crippen molar-refractivity contribution in [3.8, 4) is 0 Å². The first-order valence-corrected chi connectivity index (χ1v) is 6.74. The van der Waals surface area contributed by atoms with Gasteiger partial charge in [-0.2, -0.15) is 0 Å². The van der Waals surface area contributed by atoms with Crippen LogP contribution in [0.1, 0.15) is 27.7 Å². The second kappa shape index (κ2) is 5.44. The molecule has 3 heteroatoms. The van der Waals surface area contributed by atoms with Gasteiger partial charge in [0.25, 0.3) is 0 Å². The van der Waals surface area contributed by atoms with Crippen LogP contribution in [0.2, 0.25) is 5.02 Å². The van der Waals surface area contributed by atoms with Gasteiger partial charge in [0.15, 0.2) is 0 Å². The van der Waals surface area contributed by atoms with Gasteiger partial charge in [0, 0.05) is 21.2 Å². The summed E-state index contributed by atoms with van der Waals surface area (Å²) in [5.41, 5.74) is 6.24. The minimum atomic E-state index is 0.156. The second-order valence-electron chi connectivity index (χ2n) is 5.22. The molecule has 2 N–H and O–H groups in total. The Morgan fingerprint density at radius 1 is 1.31 bits per heavy atom. The van der Waals surface area contributed by atoms with Crippen LogP contribution in [0.3, 0.4) is 0 Å². The number of benzene rings is 1. The molecule has 1 nitrogen and oxygen atoms in total. The summed E-state index contributed by atoms with van der Waals surface area (Å²) in [5, 5.41) is 1.16. The highest BCUT2D eigenvalue weighted by molar-refractivity contribution is 8.00. The molecule has 0 aliphatic heterocycles. The average Bonchev–Trinajstić information content (AvgIpc) is 2.12. The molecule has 2 unspecified atom stereocenters. The number of thioether (sulfide) groups is 1. The Hall–Kier alpha value is -0.180. The van der Waals surface area contributed by atoms with Gasteiger partial charge in [0.05, 0.1) is 0 Å². The molecule has 90 valence electrons. The molecule has 0 radical (unpaired) electrons. The molecule has 1 aromatic rings. The molecule has 0 fully saturated rings. The third-order valence-corrected chi connectivity index (χ3v) is 4.54. The zero-order valence-electron chi connectivity index (χ0n) is 10.3. The molecule has 0 bridgehead atoms. The zero-order chi connectivity index (χ0) is 12.3. The fourth-order valence-electron chi connectivity index (χ4n) is 1.76. The van der Waals surface area contributed by atoms with Crippen molar-refractivity contribution in [1.82, 2.24) is 0 Å². The van der Waals surface area contributed by atoms with E-state index in [1.54, 1.807) is 0 Å². The van der Waals surface area contributed by atoms with E-state index in [9.17, 15) is 0 Å². The van der Waals surface area contributed by atoms with Crippen molar-refractivity contribution in [2.24, 2.45) is 11.1 Å². The predicted molar refractivity (Wildman–Crippen MR) is 74.2 cm³/mol. The minimum Gasteiger partial charge on any atom is -0.327 e. The van der Waals surface area contributed by atoms with Gasteiger partial charge in [-0.05, 0) is 30.5 Å². The highest BCUT2D eigenvalue weighted by Crippen LogP contribution is 2.37. The third-order valence-electron chi connectivity index (χ3n) is 2.39. The molecule has 0 amide bonds. The van der Waals surface area contributed by atoms with E-state index in [1.807, 2.05) is 30.0 Å². The number of halogens is 1. The summed E-state index contributed by atoms with van der Waals surface area (Å²) >= 11 is 7.79. The molecule has 0 aliphatic carbocycles. The lowest BCUT2D eigenvalue weighted by Crippen LogP contribution is -2.38. The lowest BCUT2D eigenvalue weighted by atomic mass is 9.88. The van der Waals surface area contributed by atoms with E-state index in [-0.39, 0.29) is 11.5 Å². The number of rotatable bonds is 3. The molecule has 1 rings (SSSR count). The summed E-state index contributed by atoms with van der Waals surface area (Å²) in [6.07, 6.45) is 0. The molecule has 0 saturated carbocycles. The molecule has 16 heavy (non-hydrogen) atoms. The number of hydrogen-bond donors (Lipinski definition) is 1. The molecule has 2 atom stereocenters. The van der Waals surface area contributed by atoms with E-state index >= 15 is 0 Å². The molecule has 0 aliphatic rings. The Bertz CT molecular complexity index is 344. The van der Waals surface area contributed by atoms with Crippen LogP contribution >= 0.6 is 23.4 Å². The van der Waals surface area contributed by atoms with Gasteiger partial charge >= 0.3 is 0 Å². The van der Waals surface area contributed by atoms with E-state index < -0.39 is 0 Å². The maximum Gasteiger partial charge on any atom is 0.0417 e. The largest absolute Gasteiger partial charge is 0.327 e.